The third kappa shape index (κ3) is 7.78. The maximum Gasteiger partial charge on any atom is 0.225 e. The van der Waals surface area contributed by atoms with E-state index in [0.29, 0.717) is 30.6 Å². The van der Waals surface area contributed by atoms with E-state index < -0.39 is 0 Å². The first-order chi connectivity index (χ1) is 10.9. The van der Waals surface area contributed by atoms with Crippen LogP contribution in [0, 0.1) is 16.7 Å². The molecule has 1 amide bonds. The molecule has 2 N–H and O–H groups in total. The molecule has 0 radical (unpaired) electrons. The van der Waals surface area contributed by atoms with Gasteiger partial charge in [-0.15, -0.1) is 0 Å². The molecule has 0 saturated heterocycles. The maximum atomic E-state index is 12.1. The van der Waals surface area contributed by atoms with Gasteiger partial charge in [0.1, 0.15) is 6.07 Å². The lowest BCUT2D eigenvalue weighted by Gasteiger charge is -2.29. The lowest BCUT2D eigenvalue weighted by Crippen LogP contribution is -2.36. The molecule has 0 aliphatic heterocycles. The highest BCUT2D eigenvalue weighted by molar-refractivity contribution is 5.92. The number of nitrogens with one attached hydrogen (secondary N) is 1. The summed E-state index contributed by atoms with van der Waals surface area (Å²) in [7, 11) is 0. The first kappa shape index (κ1) is 19.1. The zero-order valence-electron chi connectivity index (χ0n) is 14.3. The SMILES string of the molecule is CC(C)(C)CN(CCCO)CCC(=O)Nc1ccccc1C#N. The fourth-order valence-electron chi connectivity index (χ4n) is 2.40. The summed E-state index contributed by atoms with van der Waals surface area (Å²) in [5.41, 5.74) is 1.16. The van der Waals surface area contributed by atoms with E-state index in [0.717, 1.165) is 13.1 Å². The summed E-state index contributed by atoms with van der Waals surface area (Å²) >= 11 is 0. The number of para-hydroxylation sites is 1. The number of benzene rings is 1. The van der Waals surface area contributed by atoms with E-state index in [4.69, 9.17) is 10.4 Å². The molecule has 5 heteroatoms. The van der Waals surface area contributed by atoms with Crippen molar-refractivity contribution in [1.82, 2.24) is 4.90 Å². The summed E-state index contributed by atoms with van der Waals surface area (Å²) in [6.07, 6.45) is 1.07. The lowest BCUT2D eigenvalue weighted by molar-refractivity contribution is -0.116. The van der Waals surface area contributed by atoms with Crippen molar-refractivity contribution in [3.05, 3.63) is 29.8 Å². The Balaban J connectivity index is 2.56. The molecule has 0 aromatic heterocycles. The Labute approximate surface area is 138 Å². The number of carbonyl (C=O) groups is 1. The highest BCUT2D eigenvalue weighted by Crippen LogP contribution is 2.16. The summed E-state index contributed by atoms with van der Waals surface area (Å²) in [5.74, 6) is -0.101. The molecule has 126 valence electrons. The Hall–Kier alpha value is -1.90. The summed E-state index contributed by atoms with van der Waals surface area (Å²) in [5, 5.41) is 20.8. The van der Waals surface area contributed by atoms with Crippen molar-refractivity contribution >= 4 is 11.6 Å². The summed E-state index contributed by atoms with van der Waals surface area (Å²) in [6.45, 7) is 8.90. The van der Waals surface area contributed by atoms with Gasteiger partial charge in [-0.2, -0.15) is 5.26 Å². The minimum atomic E-state index is -0.101. The van der Waals surface area contributed by atoms with Gasteiger partial charge < -0.3 is 15.3 Å². The van der Waals surface area contributed by atoms with E-state index in [1.165, 1.54) is 0 Å². The average molecular weight is 317 g/mol. The van der Waals surface area contributed by atoms with Crippen molar-refractivity contribution in [3.63, 3.8) is 0 Å². The topological polar surface area (TPSA) is 76.4 Å². The van der Waals surface area contributed by atoms with Gasteiger partial charge in [0.15, 0.2) is 0 Å². The first-order valence-corrected chi connectivity index (χ1v) is 7.98. The van der Waals surface area contributed by atoms with Gasteiger partial charge >= 0.3 is 0 Å². The van der Waals surface area contributed by atoms with Crippen molar-refractivity contribution in [2.75, 3.05) is 31.6 Å². The normalized spacial score (nSPS) is 11.3. The second kappa shape index (κ2) is 9.29. The zero-order chi connectivity index (χ0) is 17.3. The van der Waals surface area contributed by atoms with Crippen LogP contribution >= 0.6 is 0 Å². The van der Waals surface area contributed by atoms with Crippen molar-refractivity contribution in [3.8, 4) is 6.07 Å². The van der Waals surface area contributed by atoms with Gasteiger partial charge in [0.05, 0.1) is 11.3 Å². The molecule has 0 atom stereocenters. The monoisotopic (exact) mass is 317 g/mol. The number of carbonyl (C=O) groups excluding carboxylic acids is 1. The van der Waals surface area contributed by atoms with Gasteiger partial charge in [0.25, 0.3) is 0 Å². The summed E-state index contributed by atoms with van der Waals surface area (Å²) in [4.78, 5) is 14.3. The average Bonchev–Trinajstić information content (AvgIpc) is 2.49. The largest absolute Gasteiger partial charge is 0.396 e. The molecule has 1 aromatic rings. The molecule has 1 aromatic carbocycles. The van der Waals surface area contributed by atoms with Crippen molar-refractivity contribution < 1.29 is 9.90 Å². The third-order valence-electron chi connectivity index (χ3n) is 3.31. The van der Waals surface area contributed by atoms with Gasteiger partial charge in [-0.05, 0) is 24.0 Å². The van der Waals surface area contributed by atoms with Crippen LogP contribution in [-0.2, 0) is 4.79 Å². The van der Waals surface area contributed by atoms with Gasteiger partial charge in [-0.3, -0.25) is 4.79 Å². The smallest absolute Gasteiger partial charge is 0.225 e. The predicted molar refractivity (Wildman–Crippen MR) is 92.0 cm³/mol. The number of hydrogen-bond acceptors (Lipinski definition) is 4. The number of anilines is 1. The van der Waals surface area contributed by atoms with Crippen LogP contribution in [0.1, 0.15) is 39.2 Å². The van der Waals surface area contributed by atoms with Crippen LogP contribution in [-0.4, -0.2) is 42.2 Å². The molecular formula is C18H27N3O2. The maximum absolute atomic E-state index is 12.1. The molecule has 5 nitrogen and oxygen atoms in total. The fourth-order valence-corrected chi connectivity index (χ4v) is 2.40. The Morgan fingerprint density at radius 2 is 2.00 bits per heavy atom. The van der Waals surface area contributed by atoms with Gasteiger partial charge in [-0.25, -0.2) is 0 Å². The molecule has 0 unspecified atom stereocenters. The number of amides is 1. The minimum Gasteiger partial charge on any atom is -0.396 e. The lowest BCUT2D eigenvalue weighted by atomic mass is 9.96. The molecular weight excluding hydrogens is 290 g/mol. The number of rotatable bonds is 8. The predicted octanol–water partition coefficient (Wildman–Crippen LogP) is 2.62. The highest BCUT2D eigenvalue weighted by atomic mass is 16.3. The van der Waals surface area contributed by atoms with Crippen LogP contribution in [0.4, 0.5) is 5.69 Å². The third-order valence-corrected chi connectivity index (χ3v) is 3.31. The van der Waals surface area contributed by atoms with Crippen LogP contribution in [0.2, 0.25) is 0 Å². The zero-order valence-corrected chi connectivity index (χ0v) is 14.3. The Morgan fingerprint density at radius 1 is 1.30 bits per heavy atom. The van der Waals surface area contributed by atoms with Crippen molar-refractivity contribution in [2.45, 2.75) is 33.6 Å². The minimum absolute atomic E-state index is 0.101. The van der Waals surface area contributed by atoms with E-state index in [1.807, 2.05) is 0 Å². The first-order valence-electron chi connectivity index (χ1n) is 7.98. The molecule has 0 aliphatic carbocycles. The van der Waals surface area contributed by atoms with Crippen molar-refractivity contribution in [2.24, 2.45) is 5.41 Å². The number of nitrogens with zero attached hydrogens (tertiary/aromatic N) is 2. The molecule has 0 fully saturated rings. The van der Waals surface area contributed by atoms with Crippen LogP contribution in [0.25, 0.3) is 0 Å². The van der Waals surface area contributed by atoms with E-state index in [1.54, 1.807) is 24.3 Å². The molecule has 0 spiro atoms. The summed E-state index contributed by atoms with van der Waals surface area (Å²) in [6, 6.07) is 9.05. The Kier molecular flexibility index (Phi) is 7.73. The standard InChI is InChI=1S/C18H27N3O2/c1-18(2,3)14-21(10-6-12-22)11-9-17(23)20-16-8-5-4-7-15(16)13-19/h4-5,7-8,22H,6,9-12,14H2,1-3H3,(H,20,23). The van der Waals surface area contributed by atoms with Crippen LogP contribution in [0.5, 0.6) is 0 Å². The molecule has 1 rings (SSSR count). The highest BCUT2D eigenvalue weighted by Gasteiger charge is 2.17. The molecule has 0 saturated carbocycles. The van der Waals surface area contributed by atoms with Crippen LogP contribution in [0.3, 0.4) is 0 Å². The quantitative estimate of drug-likeness (QED) is 0.773. The van der Waals surface area contributed by atoms with Crippen LogP contribution < -0.4 is 5.32 Å². The Morgan fingerprint density at radius 3 is 2.61 bits per heavy atom. The number of aliphatic hydroxyl groups excluding tert-OH is 1. The van der Waals surface area contributed by atoms with Gasteiger partial charge in [0, 0.05) is 32.7 Å². The fraction of sp³-hybridized carbons (Fsp3) is 0.556. The summed E-state index contributed by atoms with van der Waals surface area (Å²) < 4.78 is 0. The second-order valence-electron chi connectivity index (χ2n) is 6.87. The second-order valence-corrected chi connectivity index (χ2v) is 6.87. The molecule has 0 bridgehead atoms. The van der Waals surface area contributed by atoms with Crippen molar-refractivity contribution in [1.29, 1.82) is 5.26 Å². The van der Waals surface area contributed by atoms with Crippen LogP contribution in [0.15, 0.2) is 24.3 Å². The molecule has 23 heavy (non-hydrogen) atoms. The molecule has 0 heterocycles. The van der Waals surface area contributed by atoms with E-state index in [-0.39, 0.29) is 17.9 Å². The number of nitriles is 1. The van der Waals surface area contributed by atoms with E-state index in [2.05, 4.69) is 37.1 Å². The van der Waals surface area contributed by atoms with Gasteiger partial charge in [0.2, 0.25) is 5.91 Å². The Bertz CT molecular complexity index is 544. The number of hydrogen-bond donors (Lipinski definition) is 2. The van der Waals surface area contributed by atoms with Gasteiger partial charge in [-0.1, -0.05) is 32.9 Å². The molecule has 0 aliphatic rings. The van der Waals surface area contributed by atoms with E-state index in [9.17, 15) is 4.79 Å². The van der Waals surface area contributed by atoms with E-state index >= 15 is 0 Å². The number of aliphatic hydroxyl groups is 1.